The van der Waals surface area contributed by atoms with Crippen LogP contribution in [0.5, 0.6) is 0 Å². The highest BCUT2D eigenvalue weighted by atomic mass is 15.1. The smallest absolute Gasteiger partial charge is 0.0714 e. The maximum atomic E-state index is 2.46. The molecule has 0 N–H and O–H groups in total. The molecule has 0 fully saturated rings. The number of benzene rings is 9. The van der Waals surface area contributed by atoms with Crippen molar-refractivity contribution < 1.29 is 0 Å². The van der Waals surface area contributed by atoms with Crippen LogP contribution in [0, 0.1) is 6.92 Å². The van der Waals surface area contributed by atoms with Crippen LogP contribution >= 0.6 is 0 Å². The predicted molar refractivity (Wildman–Crippen MR) is 232 cm³/mol. The Morgan fingerprint density at radius 3 is 1.60 bits per heavy atom. The molecule has 55 heavy (non-hydrogen) atoms. The number of hydrogen-bond acceptors (Lipinski definition) is 1. The summed E-state index contributed by atoms with van der Waals surface area (Å²) in [5.41, 5.74) is 16.6. The summed E-state index contributed by atoms with van der Waals surface area (Å²) in [6, 6.07) is 80.2. The molecule has 0 heterocycles. The van der Waals surface area contributed by atoms with E-state index in [9.17, 15) is 0 Å². The zero-order valence-electron chi connectivity index (χ0n) is 30.7. The van der Waals surface area contributed by atoms with Gasteiger partial charge in [-0.3, -0.25) is 0 Å². The van der Waals surface area contributed by atoms with Gasteiger partial charge in [0.2, 0.25) is 0 Å². The number of aryl methyl sites for hydroxylation is 1. The van der Waals surface area contributed by atoms with Gasteiger partial charge in [0.1, 0.15) is 0 Å². The highest BCUT2D eigenvalue weighted by Crippen LogP contribution is 2.57. The molecule has 0 bridgehead atoms. The Kier molecular flexibility index (Phi) is 8.00. The van der Waals surface area contributed by atoms with Crippen LogP contribution in [0.1, 0.15) is 27.8 Å². The molecular weight excluding hydrogens is 663 g/mol. The summed E-state index contributed by atoms with van der Waals surface area (Å²) >= 11 is 0. The monoisotopic (exact) mass is 701 g/mol. The van der Waals surface area contributed by atoms with Crippen LogP contribution in [0.15, 0.2) is 218 Å². The van der Waals surface area contributed by atoms with Crippen LogP contribution in [-0.4, -0.2) is 0 Å². The van der Waals surface area contributed by atoms with Crippen LogP contribution in [-0.2, 0) is 5.41 Å². The molecule has 260 valence electrons. The van der Waals surface area contributed by atoms with Gasteiger partial charge in [0.15, 0.2) is 0 Å². The molecular formula is C54H39N. The lowest BCUT2D eigenvalue weighted by atomic mass is 9.67. The van der Waals surface area contributed by atoms with Gasteiger partial charge in [-0.15, -0.1) is 0 Å². The van der Waals surface area contributed by atoms with Crippen molar-refractivity contribution in [2.45, 2.75) is 12.3 Å². The van der Waals surface area contributed by atoms with Gasteiger partial charge in [-0.25, -0.2) is 0 Å². The van der Waals surface area contributed by atoms with Crippen molar-refractivity contribution in [3.63, 3.8) is 0 Å². The fraction of sp³-hybridized carbons (Fsp3) is 0.0370. The number of fused-ring (bicyclic) bond motifs is 4. The number of para-hydroxylation sites is 2. The minimum absolute atomic E-state index is 0.495. The standard InChI is InChI=1S/C54H39N/c1-38-31-33-39(34-32-38)45-27-15-17-40-18-16-28-49(53(40)45)48-26-12-14-30-52(48)55(43-23-9-4-10-24-43)44-35-36-47-46-25-11-13-29-50(46)54(51(47)37-44,41-19-5-2-6-20-41)42-21-7-3-8-22-42/h2-37H,1H3. The van der Waals surface area contributed by atoms with Crippen LogP contribution in [0.25, 0.3) is 44.2 Å². The highest BCUT2D eigenvalue weighted by molar-refractivity contribution is 6.09. The molecule has 1 aliphatic carbocycles. The van der Waals surface area contributed by atoms with E-state index in [-0.39, 0.29) is 0 Å². The summed E-state index contributed by atoms with van der Waals surface area (Å²) in [5, 5.41) is 2.48. The summed E-state index contributed by atoms with van der Waals surface area (Å²) in [5.74, 6) is 0. The van der Waals surface area contributed by atoms with Gasteiger partial charge in [0.25, 0.3) is 0 Å². The van der Waals surface area contributed by atoms with E-state index in [1.54, 1.807) is 0 Å². The SMILES string of the molecule is Cc1ccc(-c2cccc3cccc(-c4ccccc4N(c4ccccc4)c4ccc5c(c4)C(c4ccccc4)(c4ccccc4)c4ccccc4-5)c23)cc1. The minimum atomic E-state index is -0.495. The van der Waals surface area contributed by atoms with E-state index in [1.807, 2.05) is 0 Å². The molecule has 0 amide bonds. The molecule has 0 unspecified atom stereocenters. The Hall–Kier alpha value is -6.96. The minimum Gasteiger partial charge on any atom is -0.310 e. The average Bonchev–Trinajstić information content (AvgIpc) is 3.55. The van der Waals surface area contributed by atoms with E-state index in [1.165, 1.54) is 72.0 Å². The van der Waals surface area contributed by atoms with Crippen molar-refractivity contribution in [2.24, 2.45) is 0 Å². The quantitative estimate of drug-likeness (QED) is 0.160. The second-order valence-electron chi connectivity index (χ2n) is 14.5. The lowest BCUT2D eigenvalue weighted by molar-refractivity contribution is 0.768. The molecule has 0 atom stereocenters. The molecule has 1 heteroatoms. The van der Waals surface area contributed by atoms with Crippen molar-refractivity contribution in [1.29, 1.82) is 0 Å². The van der Waals surface area contributed by atoms with E-state index >= 15 is 0 Å². The lowest BCUT2D eigenvalue weighted by Gasteiger charge is -2.35. The fourth-order valence-corrected chi connectivity index (χ4v) is 9.01. The summed E-state index contributed by atoms with van der Waals surface area (Å²) in [4.78, 5) is 2.45. The van der Waals surface area contributed by atoms with Gasteiger partial charge >= 0.3 is 0 Å². The molecule has 0 saturated heterocycles. The van der Waals surface area contributed by atoms with E-state index in [2.05, 4.69) is 230 Å². The van der Waals surface area contributed by atoms with Crippen molar-refractivity contribution in [3.05, 3.63) is 246 Å². The van der Waals surface area contributed by atoms with Gasteiger partial charge in [-0.1, -0.05) is 194 Å². The second-order valence-corrected chi connectivity index (χ2v) is 14.5. The molecule has 0 saturated carbocycles. The summed E-state index contributed by atoms with van der Waals surface area (Å²) < 4.78 is 0. The van der Waals surface area contributed by atoms with Gasteiger partial charge < -0.3 is 4.90 Å². The zero-order chi connectivity index (χ0) is 36.8. The molecule has 1 aliphatic rings. The molecule has 0 aliphatic heterocycles. The molecule has 10 rings (SSSR count). The highest BCUT2D eigenvalue weighted by Gasteiger charge is 2.46. The number of hydrogen-bond donors (Lipinski definition) is 0. The zero-order valence-corrected chi connectivity index (χ0v) is 30.7. The number of rotatable bonds is 7. The molecule has 9 aromatic carbocycles. The molecule has 0 aromatic heterocycles. The first-order valence-electron chi connectivity index (χ1n) is 19.1. The molecule has 0 spiro atoms. The third kappa shape index (κ3) is 5.31. The summed E-state index contributed by atoms with van der Waals surface area (Å²) in [6.45, 7) is 2.15. The Labute approximate surface area is 323 Å². The second kappa shape index (κ2) is 13.5. The Morgan fingerprint density at radius 2 is 0.909 bits per heavy atom. The molecule has 1 nitrogen and oxygen atoms in total. The maximum Gasteiger partial charge on any atom is 0.0714 e. The van der Waals surface area contributed by atoms with Gasteiger partial charge in [-0.2, -0.15) is 0 Å². The van der Waals surface area contributed by atoms with E-state index < -0.39 is 5.41 Å². The third-order valence-corrected chi connectivity index (χ3v) is 11.4. The Morgan fingerprint density at radius 1 is 0.364 bits per heavy atom. The largest absolute Gasteiger partial charge is 0.310 e. The number of anilines is 3. The first-order valence-corrected chi connectivity index (χ1v) is 19.1. The number of nitrogens with zero attached hydrogens (tertiary/aromatic N) is 1. The molecule has 9 aromatic rings. The normalized spacial score (nSPS) is 12.6. The molecule has 0 radical (unpaired) electrons. The summed E-state index contributed by atoms with van der Waals surface area (Å²) in [7, 11) is 0. The fourth-order valence-electron chi connectivity index (χ4n) is 9.01. The Balaban J connectivity index is 1.24. The van der Waals surface area contributed by atoms with Gasteiger partial charge in [0.05, 0.1) is 11.1 Å². The van der Waals surface area contributed by atoms with Crippen molar-refractivity contribution in [3.8, 4) is 33.4 Å². The topological polar surface area (TPSA) is 3.24 Å². The summed E-state index contributed by atoms with van der Waals surface area (Å²) in [6.07, 6.45) is 0. The van der Waals surface area contributed by atoms with Gasteiger partial charge in [-0.05, 0) is 98.1 Å². The Bertz CT molecular complexity index is 2760. The van der Waals surface area contributed by atoms with E-state index in [4.69, 9.17) is 0 Å². The third-order valence-electron chi connectivity index (χ3n) is 11.4. The van der Waals surface area contributed by atoms with Crippen molar-refractivity contribution in [1.82, 2.24) is 0 Å². The van der Waals surface area contributed by atoms with E-state index in [0.29, 0.717) is 0 Å². The van der Waals surface area contributed by atoms with Crippen LogP contribution in [0.2, 0.25) is 0 Å². The van der Waals surface area contributed by atoms with Crippen LogP contribution < -0.4 is 4.90 Å². The maximum absolute atomic E-state index is 2.46. The first kappa shape index (κ1) is 32.7. The van der Waals surface area contributed by atoms with Crippen LogP contribution in [0.3, 0.4) is 0 Å². The lowest BCUT2D eigenvalue weighted by Crippen LogP contribution is -2.28. The van der Waals surface area contributed by atoms with Gasteiger partial charge in [0, 0.05) is 16.9 Å². The van der Waals surface area contributed by atoms with Crippen LogP contribution in [0.4, 0.5) is 17.1 Å². The van der Waals surface area contributed by atoms with Crippen molar-refractivity contribution in [2.75, 3.05) is 4.90 Å². The van der Waals surface area contributed by atoms with E-state index in [0.717, 1.165) is 17.1 Å². The van der Waals surface area contributed by atoms with Crippen molar-refractivity contribution >= 4 is 27.8 Å². The first-order chi connectivity index (χ1) is 27.2. The average molecular weight is 702 g/mol. The predicted octanol–water partition coefficient (Wildman–Crippen LogP) is 14.3.